The first kappa shape index (κ1) is 4.09. The van der Waals surface area contributed by atoms with Gasteiger partial charge < -0.3 is 5.43 Å². The van der Waals surface area contributed by atoms with Crippen LogP contribution in [0.3, 0.4) is 0 Å². The van der Waals surface area contributed by atoms with Crippen LogP contribution in [0.1, 0.15) is 0 Å². The monoisotopic (exact) mass is 109 g/mol. The molecule has 0 aromatic heterocycles. The highest BCUT2D eigenvalue weighted by atomic mass is 15.4. The van der Waals surface area contributed by atoms with Crippen molar-refractivity contribution in [2.24, 2.45) is 4.99 Å². The topological polar surface area (TPSA) is 36.4 Å². The molecule has 0 aromatic rings. The number of nitrogens with zero attached hydrogens (tertiary/aromatic N) is 1. The number of hydrogen-bond acceptors (Lipinski definition) is 3. The lowest BCUT2D eigenvalue weighted by Gasteiger charge is -1.93. The van der Waals surface area contributed by atoms with E-state index < -0.39 is 0 Å². The predicted molar refractivity (Wildman–Crippen MR) is 31.5 cm³/mol. The van der Waals surface area contributed by atoms with Crippen LogP contribution >= 0.6 is 0 Å². The van der Waals surface area contributed by atoms with Gasteiger partial charge in [0.25, 0.3) is 0 Å². The van der Waals surface area contributed by atoms with Gasteiger partial charge in [-0.2, -0.15) is 0 Å². The maximum Gasteiger partial charge on any atom is 0.105 e. The Kier molecular flexibility index (Phi) is 0.676. The Bertz CT molecular complexity index is 159. The highest BCUT2D eigenvalue weighted by Crippen LogP contribution is 2.09. The molecule has 0 saturated carbocycles. The van der Waals surface area contributed by atoms with Gasteiger partial charge in [-0.05, 0) is 6.08 Å². The van der Waals surface area contributed by atoms with E-state index >= 15 is 0 Å². The van der Waals surface area contributed by atoms with Crippen LogP contribution in [0.2, 0.25) is 0 Å². The van der Waals surface area contributed by atoms with Crippen LogP contribution in [0.25, 0.3) is 0 Å². The fourth-order valence-electron chi connectivity index (χ4n) is 0.956. The van der Waals surface area contributed by atoms with Crippen LogP contribution in [0.4, 0.5) is 0 Å². The van der Waals surface area contributed by atoms with Gasteiger partial charge in [0.05, 0.1) is 5.70 Å². The average Bonchev–Trinajstić information content (AvgIpc) is 2.15. The van der Waals surface area contributed by atoms with Crippen LogP contribution in [0, 0.1) is 0 Å². The molecule has 1 unspecified atom stereocenters. The second kappa shape index (κ2) is 1.32. The lowest BCUT2D eigenvalue weighted by atomic mass is 10.3. The number of allylic oxidation sites excluding steroid dienone is 1. The summed E-state index contributed by atoms with van der Waals surface area (Å²) in [6, 6.07) is 0.384. The van der Waals surface area contributed by atoms with Crippen LogP contribution in [0.15, 0.2) is 16.8 Å². The van der Waals surface area contributed by atoms with E-state index in [1.165, 1.54) is 5.70 Å². The molecule has 42 valence electrons. The largest absolute Gasteiger partial charge is 0.323 e. The zero-order valence-corrected chi connectivity index (χ0v) is 4.39. The predicted octanol–water partition coefficient (Wildman–Crippen LogP) is -0.569. The Balaban J connectivity index is 2.29. The van der Waals surface area contributed by atoms with Crippen molar-refractivity contribution < 1.29 is 0 Å². The molecule has 2 heterocycles. The molecule has 0 aromatic carbocycles. The van der Waals surface area contributed by atoms with E-state index in [4.69, 9.17) is 0 Å². The van der Waals surface area contributed by atoms with Gasteiger partial charge in [0.1, 0.15) is 6.04 Å². The molecule has 0 radical (unpaired) electrons. The number of rotatable bonds is 0. The maximum absolute atomic E-state index is 4.16. The van der Waals surface area contributed by atoms with Crippen molar-refractivity contribution in [3.8, 4) is 0 Å². The lowest BCUT2D eigenvalue weighted by Crippen LogP contribution is -2.20. The van der Waals surface area contributed by atoms with E-state index in [0.717, 1.165) is 6.54 Å². The smallest absolute Gasteiger partial charge is 0.105 e. The van der Waals surface area contributed by atoms with Crippen molar-refractivity contribution in [1.82, 2.24) is 10.9 Å². The maximum atomic E-state index is 4.16. The molecule has 1 fully saturated rings. The minimum absolute atomic E-state index is 0.384. The van der Waals surface area contributed by atoms with Gasteiger partial charge >= 0.3 is 0 Å². The van der Waals surface area contributed by atoms with Crippen molar-refractivity contribution in [2.75, 3.05) is 6.54 Å². The molecule has 2 N–H and O–H groups in total. The van der Waals surface area contributed by atoms with Crippen molar-refractivity contribution in [3.05, 3.63) is 11.8 Å². The molecule has 2 rings (SSSR count). The van der Waals surface area contributed by atoms with Gasteiger partial charge in [0.15, 0.2) is 0 Å². The summed E-state index contributed by atoms with van der Waals surface area (Å²) in [5.41, 5.74) is 7.20. The first-order valence-electron chi connectivity index (χ1n) is 2.69. The summed E-state index contributed by atoms with van der Waals surface area (Å²) < 4.78 is 0. The van der Waals surface area contributed by atoms with Crippen molar-refractivity contribution >= 4 is 6.21 Å². The van der Waals surface area contributed by atoms with Crippen LogP contribution in [0.5, 0.6) is 0 Å². The second-order valence-corrected chi connectivity index (χ2v) is 1.94. The highest BCUT2D eigenvalue weighted by molar-refractivity contribution is 5.76. The van der Waals surface area contributed by atoms with Crippen LogP contribution in [-0.2, 0) is 0 Å². The van der Waals surface area contributed by atoms with Crippen LogP contribution < -0.4 is 10.9 Å². The molecule has 3 heteroatoms. The minimum Gasteiger partial charge on any atom is -0.323 e. The molecular formula is C5H7N3. The third kappa shape index (κ3) is 0.391. The summed E-state index contributed by atoms with van der Waals surface area (Å²) in [5, 5.41) is 0. The molecule has 8 heavy (non-hydrogen) atoms. The van der Waals surface area contributed by atoms with Crippen molar-refractivity contribution in [1.29, 1.82) is 0 Å². The second-order valence-electron chi connectivity index (χ2n) is 1.94. The average molecular weight is 109 g/mol. The minimum atomic E-state index is 0.384. The summed E-state index contributed by atoms with van der Waals surface area (Å²) in [7, 11) is 0. The molecule has 0 aliphatic carbocycles. The number of hydrazine groups is 1. The van der Waals surface area contributed by atoms with Gasteiger partial charge in [-0.15, -0.1) is 0 Å². The molecule has 2 aliphatic heterocycles. The fourth-order valence-corrected chi connectivity index (χ4v) is 0.956. The van der Waals surface area contributed by atoms with E-state index in [1.807, 2.05) is 12.3 Å². The van der Waals surface area contributed by atoms with E-state index in [9.17, 15) is 0 Å². The van der Waals surface area contributed by atoms with E-state index in [-0.39, 0.29) is 0 Å². The van der Waals surface area contributed by atoms with Gasteiger partial charge in [-0.25, -0.2) is 5.43 Å². The van der Waals surface area contributed by atoms with E-state index in [0.29, 0.717) is 6.04 Å². The SMILES string of the molecule is C1=NC2CNNC2=C1. The zero-order chi connectivity index (χ0) is 5.40. The zero-order valence-electron chi connectivity index (χ0n) is 4.39. The Morgan fingerprint density at radius 3 is 3.62 bits per heavy atom. The molecule has 0 bridgehead atoms. The number of fused-ring (bicyclic) bond motifs is 1. The Morgan fingerprint density at radius 1 is 1.75 bits per heavy atom. The number of hydrogen-bond donors (Lipinski definition) is 2. The van der Waals surface area contributed by atoms with Gasteiger partial charge in [-0.1, -0.05) is 0 Å². The molecule has 0 spiro atoms. The lowest BCUT2D eigenvalue weighted by molar-refractivity contribution is 0.709. The normalized spacial score (nSPS) is 32.0. The summed E-state index contributed by atoms with van der Waals surface area (Å²) >= 11 is 0. The quantitative estimate of drug-likeness (QED) is 0.437. The van der Waals surface area contributed by atoms with Crippen molar-refractivity contribution in [2.45, 2.75) is 6.04 Å². The third-order valence-corrected chi connectivity index (χ3v) is 1.41. The van der Waals surface area contributed by atoms with Crippen molar-refractivity contribution in [3.63, 3.8) is 0 Å². The highest BCUT2D eigenvalue weighted by Gasteiger charge is 2.20. The fraction of sp³-hybridized carbons (Fsp3) is 0.400. The Labute approximate surface area is 47.5 Å². The van der Waals surface area contributed by atoms with E-state index in [2.05, 4.69) is 15.8 Å². The summed E-state index contributed by atoms with van der Waals surface area (Å²) in [4.78, 5) is 4.16. The molecule has 1 saturated heterocycles. The Hall–Kier alpha value is -0.830. The molecular weight excluding hydrogens is 102 g/mol. The van der Waals surface area contributed by atoms with Gasteiger partial charge in [0, 0.05) is 12.8 Å². The Morgan fingerprint density at radius 2 is 2.75 bits per heavy atom. The molecule has 0 amide bonds. The van der Waals surface area contributed by atoms with Gasteiger partial charge in [-0.3, -0.25) is 4.99 Å². The molecule has 3 nitrogen and oxygen atoms in total. The van der Waals surface area contributed by atoms with Crippen LogP contribution in [-0.4, -0.2) is 18.8 Å². The first-order valence-corrected chi connectivity index (χ1v) is 2.69. The standard InChI is InChI=1S/C5H7N3/c1-2-6-5-3-7-8-4(1)5/h1-2,5,7-8H,3H2. The van der Waals surface area contributed by atoms with Gasteiger partial charge in [0.2, 0.25) is 0 Å². The summed E-state index contributed by atoms with van der Waals surface area (Å²) in [6.07, 6.45) is 3.83. The number of nitrogens with one attached hydrogen (secondary N) is 2. The molecule has 1 atom stereocenters. The molecule has 2 aliphatic rings. The summed E-state index contributed by atoms with van der Waals surface area (Å²) in [5.74, 6) is 0. The third-order valence-electron chi connectivity index (χ3n) is 1.41. The number of aliphatic imine (C=N–C) groups is 1. The summed E-state index contributed by atoms with van der Waals surface area (Å²) in [6.45, 7) is 0.933. The van der Waals surface area contributed by atoms with E-state index in [1.54, 1.807) is 0 Å². The first-order chi connectivity index (χ1) is 3.97.